The lowest BCUT2D eigenvalue weighted by atomic mass is 10.3. The Balaban J connectivity index is 3.06. The van der Waals surface area contributed by atoms with Gasteiger partial charge in [0.1, 0.15) is 4.90 Å². The fourth-order valence-corrected chi connectivity index (χ4v) is 3.20. The van der Waals surface area contributed by atoms with Gasteiger partial charge in [-0.25, -0.2) is 13.1 Å². The van der Waals surface area contributed by atoms with Gasteiger partial charge in [-0.3, -0.25) is 0 Å². The van der Waals surface area contributed by atoms with Crippen molar-refractivity contribution < 1.29 is 8.42 Å². The molecule has 1 atom stereocenters. The van der Waals surface area contributed by atoms with Crippen molar-refractivity contribution in [1.82, 2.24) is 4.72 Å². The van der Waals surface area contributed by atoms with Crippen molar-refractivity contribution in [3.63, 3.8) is 0 Å². The highest BCUT2D eigenvalue weighted by molar-refractivity contribution is 7.89. The van der Waals surface area contributed by atoms with E-state index >= 15 is 0 Å². The van der Waals surface area contributed by atoms with Crippen LogP contribution >= 0.6 is 23.2 Å². The summed E-state index contributed by atoms with van der Waals surface area (Å²) in [6.45, 7) is 1.60. The average Bonchev–Trinajstić information content (AvgIpc) is 2.21. The molecular weight excluding hydrogens is 283 g/mol. The Labute approximate surface area is 110 Å². The molecule has 0 aromatic heterocycles. The summed E-state index contributed by atoms with van der Waals surface area (Å²) in [7, 11) is -3.75. The van der Waals surface area contributed by atoms with Gasteiger partial charge in [-0.15, -0.1) is 0 Å². The largest absolute Gasteiger partial charge is 0.242 e. The first kappa shape index (κ1) is 14.3. The van der Waals surface area contributed by atoms with Crippen LogP contribution < -0.4 is 4.72 Å². The second-order valence-corrected chi connectivity index (χ2v) is 5.99. The van der Waals surface area contributed by atoms with Crippen LogP contribution in [0.3, 0.4) is 0 Å². The van der Waals surface area contributed by atoms with Gasteiger partial charge < -0.3 is 0 Å². The maximum atomic E-state index is 11.9. The molecule has 1 aromatic rings. The summed E-state index contributed by atoms with van der Waals surface area (Å²) in [6.07, 6.45) is 0.0808. The number of hydrogen-bond donors (Lipinski definition) is 1. The maximum absolute atomic E-state index is 11.9. The number of nitriles is 1. The number of nitrogens with zero attached hydrogens (tertiary/aromatic N) is 1. The molecule has 4 nitrogen and oxygen atoms in total. The van der Waals surface area contributed by atoms with Crippen LogP contribution in [0.5, 0.6) is 0 Å². The zero-order valence-corrected chi connectivity index (χ0v) is 11.3. The predicted molar refractivity (Wildman–Crippen MR) is 66.5 cm³/mol. The van der Waals surface area contributed by atoms with Gasteiger partial charge in [-0.2, -0.15) is 5.26 Å². The molecule has 1 unspecified atom stereocenters. The Bertz CT molecular complexity index is 552. The fraction of sp³-hybridized carbons (Fsp3) is 0.300. The molecule has 1 aromatic carbocycles. The molecule has 0 aliphatic rings. The Morgan fingerprint density at radius 3 is 2.71 bits per heavy atom. The topological polar surface area (TPSA) is 70.0 Å². The van der Waals surface area contributed by atoms with Crippen LogP contribution in [0.15, 0.2) is 23.1 Å². The second kappa shape index (κ2) is 5.69. The molecule has 0 heterocycles. The highest BCUT2D eigenvalue weighted by atomic mass is 35.5. The van der Waals surface area contributed by atoms with Gasteiger partial charge >= 0.3 is 0 Å². The monoisotopic (exact) mass is 292 g/mol. The lowest BCUT2D eigenvalue weighted by Crippen LogP contribution is -2.32. The normalized spacial score (nSPS) is 13.1. The van der Waals surface area contributed by atoms with Gasteiger partial charge in [0.2, 0.25) is 10.0 Å². The van der Waals surface area contributed by atoms with Gasteiger partial charge in [0.05, 0.1) is 17.5 Å². The van der Waals surface area contributed by atoms with Crippen LogP contribution in [0.1, 0.15) is 13.3 Å². The van der Waals surface area contributed by atoms with E-state index in [1.54, 1.807) is 6.92 Å². The van der Waals surface area contributed by atoms with E-state index in [4.69, 9.17) is 28.5 Å². The minimum absolute atomic E-state index is 0.0808. The molecule has 0 saturated carbocycles. The third kappa shape index (κ3) is 3.86. The van der Waals surface area contributed by atoms with E-state index in [-0.39, 0.29) is 21.4 Å². The number of benzene rings is 1. The van der Waals surface area contributed by atoms with Crippen molar-refractivity contribution in [2.45, 2.75) is 24.3 Å². The van der Waals surface area contributed by atoms with Gasteiger partial charge in [0, 0.05) is 11.1 Å². The minimum atomic E-state index is -3.75. The van der Waals surface area contributed by atoms with E-state index in [9.17, 15) is 8.42 Å². The van der Waals surface area contributed by atoms with Crippen LogP contribution in [0.2, 0.25) is 10.0 Å². The second-order valence-electron chi connectivity index (χ2n) is 3.46. The average molecular weight is 293 g/mol. The summed E-state index contributed by atoms with van der Waals surface area (Å²) in [5, 5.41) is 8.84. The molecule has 1 N–H and O–H groups in total. The highest BCUT2D eigenvalue weighted by Gasteiger charge is 2.20. The summed E-state index contributed by atoms with van der Waals surface area (Å²) in [6, 6.07) is 5.58. The third-order valence-electron chi connectivity index (χ3n) is 1.94. The number of sulfonamides is 1. The van der Waals surface area contributed by atoms with Crippen LogP contribution in [0.25, 0.3) is 0 Å². The van der Waals surface area contributed by atoms with Gasteiger partial charge in [-0.05, 0) is 25.1 Å². The van der Waals surface area contributed by atoms with Crippen molar-refractivity contribution >= 4 is 33.2 Å². The first-order valence-electron chi connectivity index (χ1n) is 4.71. The molecule has 0 aliphatic heterocycles. The maximum Gasteiger partial charge on any atom is 0.242 e. The van der Waals surface area contributed by atoms with Crippen LogP contribution in [0, 0.1) is 11.3 Å². The van der Waals surface area contributed by atoms with E-state index in [2.05, 4.69) is 4.72 Å². The molecule has 0 spiro atoms. The van der Waals surface area contributed by atoms with E-state index < -0.39 is 16.1 Å². The summed E-state index contributed by atoms with van der Waals surface area (Å²) in [4.78, 5) is -0.0866. The minimum Gasteiger partial charge on any atom is -0.207 e. The molecule has 0 saturated heterocycles. The number of hydrogen-bond acceptors (Lipinski definition) is 3. The zero-order valence-electron chi connectivity index (χ0n) is 8.94. The van der Waals surface area contributed by atoms with Crippen LogP contribution in [-0.2, 0) is 10.0 Å². The summed E-state index contributed by atoms with van der Waals surface area (Å²) in [5.74, 6) is 0. The van der Waals surface area contributed by atoms with Crippen molar-refractivity contribution in [3.05, 3.63) is 28.2 Å². The fourth-order valence-electron chi connectivity index (χ4n) is 1.19. The Kier molecular flexibility index (Phi) is 4.78. The summed E-state index contributed by atoms with van der Waals surface area (Å²) in [5.41, 5.74) is 0. The number of nitrogens with one attached hydrogen (secondary N) is 1. The van der Waals surface area contributed by atoms with Crippen LogP contribution in [-0.4, -0.2) is 14.5 Å². The van der Waals surface area contributed by atoms with E-state index in [1.165, 1.54) is 18.2 Å². The number of rotatable bonds is 4. The van der Waals surface area contributed by atoms with E-state index in [0.29, 0.717) is 0 Å². The van der Waals surface area contributed by atoms with Gasteiger partial charge in [0.25, 0.3) is 0 Å². The highest BCUT2D eigenvalue weighted by Crippen LogP contribution is 2.25. The summed E-state index contributed by atoms with van der Waals surface area (Å²) >= 11 is 11.5. The first-order chi connectivity index (χ1) is 7.86. The molecule has 0 aliphatic carbocycles. The molecule has 0 amide bonds. The smallest absolute Gasteiger partial charge is 0.207 e. The molecule has 0 fully saturated rings. The Hall–Kier alpha value is -0.800. The molecule has 92 valence electrons. The van der Waals surface area contributed by atoms with Crippen molar-refractivity contribution in [2.75, 3.05) is 0 Å². The van der Waals surface area contributed by atoms with E-state index in [1.807, 2.05) is 6.07 Å². The first-order valence-corrected chi connectivity index (χ1v) is 6.95. The predicted octanol–water partition coefficient (Wildman–Crippen LogP) is 2.57. The lowest BCUT2D eigenvalue weighted by molar-refractivity contribution is 0.563. The van der Waals surface area contributed by atoms with Crippen LogP contribution in [0.4, 0.5) is 0 Å². The zero-order chi connectivity index (χ0) is 13.1. The van der Waals surface area contributed by atoms with Gasteiger partial charge in [-0.1, -0.05) is 23.2 Å². The van der Waals surface area contributed by atoms with E-state index in [0.717, 1.165) is 0 Å². The Morgan fingerprint density at radius 1 is 1.47 bits per heavy atom. The molecular formula is C10H10Cl2N2O2S. The standard InChI is InChI=1S/C10H10Cl2N2O2S/c1-7(4-5-13)14-17(15,16)10-6-8(11)2-3-9(10)12/h2-3,6-7,14H,4H2,1H3. The lowest BCUT2D eigenvalue weighted by Gasteiger charge is -2.12. The molecule has 17 heavy (non-hydrogen) atoms. The van der Waals surface area contributed by atoms with Crippen molar-refractivity contribution in [2.24, 2.45) is 0 Å². The molecule has 0 radical (unpaired) electrons. The molecule has 0 bridgehead atoms. The summed E-state index contributed by atoms with van der Waals surface area (Å²) < 4.78 is 26.2. The molecule has 1 rings (SSSR count). The third-order valence-corrected chi connectivity index (χ3v) is 4.24. The van der Waals surface area contributed by atoms with Crippen molar-refractivity contribution in [1.29, 1.82) is 5.26 Å². The SMILES string of the molecule is CC(CC#N)NS(=O)(=O)c1cc(Cl)ccc1Cl. The number of halogens is 2. The van der Waals surface area contributed by atoms with Gasteiger partial charge in [0.15, 0.2) is 0 Å². The molecule has 7 heteroatoms. The van der Waals surface area contributed by atoms with Crippen molar-refractivity contribution in [3.8, 4) is 6.07 Å². The Morgan fingerprint density at radius 2 is 2.12 bits per heavy atom. The quantitative estimate of drug-likeness (QED) is 0.927.